The second-order valence-electron chi connectivity index (χ2n) is 5.97. The maximum absolute atomic E-state index is 6.03. The largest absolute Gasteiger partial charge is 0.363 e. The molecule has 1 aromatic carbocycles. The van der Waals surface area contributed by atoms with Gasteiger partial charge in [-0.1, -0.05) is 24.3 Å². The molecule has 0 unspecified atom stereocenters. The molecule has 1 aromatic rings. The predicted molar refractivity (Wildman–Crippen MR) is 64.2 cm³/mol. The Morgan fingerprint density at radius 1 is 1.19 bits per heavy atom. The lowest BCUT2D eigenvalue weighted by atomic mass is 9.82. The lowest BCUT2D eigenvalue weighted by Gasteiger charge is -2.53. The highest BCUT2D eigenvalue weighted by Gasteiger charge is 2.52. The van der Waals surface area contributed by atoms with Crippen LogP contribution in [0.1, 0.15) is 31.9 Å². The van der Waals surface area contributed by atoms with Gasteiger partial charge < -0.3 is 4.74 Å². The van der Waals surface area contributed by atoms with Gasteiger partial charge in [0.1, 0.15) is 5.60 Å². The van der Waals surface area contributed by atoms with Gasteiger partial charge in [-0.25, -0.2) is 0 Å². The van der Waals surface area contributed by atoms with Gasteiger partial charge in [-0.05, 0) is 31.9 Å². The standard InChI is InChI=1S/C14H19NO/c1-13(2,3)15-9-14(10-15)12-7-5-4-6-11(12)8-16-14/h4-7H,8-10H2,1-3H3. The number of benzene rings is 1. The van der Waals surface area contributed by atoms with E-state index in [4.69, 9.17) is 4.74 Å². The third-order valence-corrected chi connectivity index (χ3v) is 3.85. The zero-order chi connectivity index (χ0) is 11.4. The second-order valence-corrected chi connectivity index (χ2v) is 5.97. The molecule has 0 aromatic heterocycles. The van der Waals surface area contributed by atoms with Crippen LogP contribution in [0.15, 0.2) is 24.3 Å². The number of rotatable bonds is 0. The minimum absolute atomic E-state index is 0.00384. The van der Waals surface area contributed by atoms with E-state index >= 15 is 0 Å². The molecule has 3 rings (SSSR count). The van der Waals surface area contributed by atoms with Gasteiger partial charge in [0.15, 0.2) is 0 Å². The summed E-state index contributed by atoms with van der Waals surface area (Å²) in [5.74, 6) is 0. The average Bonchev–Trinajstić information content (AvgIpc) is 2.53. The van der Waals surface area contributed by atoms with Crippen LogP contribution in [0, 0.1) is 0 Å². The molecule has 0 N–H and O–H groups in total. The number of hydrogen-bond acceptors (Lipinski definition) is 2. The van der Waals surface area contributed by atoms with Crippen molar-refractivity contribution in [1.29, 1.82) is 0 Å². The topological polar surface area (TPSA) is 12.5 Å². The van der Waals surface area contributed by atoms with Gasteiger partial charge in [0.25, 0.3) is 0 Å². The van der Waals surface area contributed by atoms with Crippen molar-refractivity contribution in [1.82, 2.24) is 4.90 Å². The van der Waals surface area contributed by atoms with Crippen LogP contribution < -0.4 is 0 Å². The fourth-order valence-corrected chi connectivity index (χ4v) is 2.69. The van der Waals surface area contributed by atoms with Gasteiger partial charge in [0.2, 0.25) is 0 Å². The molecule has 0 bridgehead atoms. The fourth-order valence-electron chi connectivity index (χ4n) is 2.69. The number of fused-ring (bicyclic) bond motifs is 2. The highest BCUT2D eigenvalue weighted by Crippen LogP contribution is 2.45. The molecule has 0 amide bonds. The van der Waals surface area contributed by atoms with E-state index in [1.165, 1.54) is 11.1 Å². The Morgan fingerprint density at radius 2 is 1.88 bits per heavy atom. The predicted octanol–water partition coefficient (Wildman–Crippen LogP) is 2.53. The Kier molecular flexibility index (Phi) is 1.99. The summed E-state index contributed by atoms with van der Waals surface area (Å²) in [7, 11) is 0. The van der Waals surface area contributed by atoms with E-state index in [0.717, 1.165) is 19.7 Å². The summed E-state index contributed by atoms with van der Waals surface area (Å²) in [6.45, 7) is 9.65. The van der Waals surface area contributed by atoms with E-state index in [2.05, 4.69) is 49.9 Å². The Morgan fingerprint density at radius 3 is 2.56 bits per heavy atom. The monoisotopic (exact) mass is 217 g/mol. The van der Waals surface area contributed by atoms with Crippen LogP contribution in [0.25, 0.3) is 0 Å². The maximum atomic E-state index is 6.03. The van der Waals surface area contributed by atoms with Gasteiger partial charge in [0, 0.05) is 18.6 Å². The third kappa shape index (κ3) is 1.33. The summed E-state index contributed by atoms with van der Waals surface area (Å²) in [6, 6.07) is 8.63. The summed E-state index contributed by atoms with van der Waals surface area (Å²) >= 11 is 0. The Hall–Kier alpha value is -0.860. The normalized spacial score (nSPS) is 23.2. The lowest BCUT2D eigenvalue weighted by Crippen LogP contribution is -2.64. The van der Waals surface area contributed by atoms with Crippen LogP contribution >= 0.6 is 0 Å². The van der Waals surface area contributed by atoms with Crippen molar-refractivity contribution < 1.29 is 4.74 Å². The van der Waals surface area contributed by atoms with Crippen LogP contribution in [-0.4, -0.2) is 23.5 Å². The maximum Gasteiger partial charge on any atom is 0.119 e. The zero-order valence-electron chi connectivity index (χ0n) is 10.3. The summed E-state index contributed by atoms with van der Waals surface area (Å²) < 4.78 is 6.03. The molecule has 86 valence electrons. The summed E-state index contributed by atoms with van der Waals surface area (Å²) in [6.07, 6.45) is 0. The Labute approximate surface area is 97.2 Å². The molecular formula is C14H19NO. The number of nitrogens with zero attached hydrogens (tertiary/aromatic N) is 1. The molecule has 2 heteroatoms. The molecule has 2 heterocycles. The molecule has 2 nitrogen and oxygen atoms in total. The van der Waals surface area contributed by atoms with E-state index < -0.39 is 0 Å². The van der Waals surface area contributed by atoms with Crippen molar-refractivity contribution in [3.05, 3.63) is 35.4 Å². The minimum atomic E-state index is 0.00384. The van der Waals surface area contributed by atoms with Crippen LogP contribution in [-0.2, 0) is 16.9 Å². The van der Waals surface area contributed by atoms with Gasteiger partial charge in [0.05, 0.1) is 6.61 Å². The van der Waals surface area contributed by atoms with Gasteiger partial charge in [-0.2, -0.15) is 0 Å². The van der Waals surface area contributed by atoms with Crippen molar-refractivity contribution in [2.24, 2.45) is 0 Å². The van der Waals surface area contributed by atoms with Crippen molar-refractivity contribution in [3.63, 3.8) is 0 Å². The van der Waals surface area contributed by atoms with E-state index in [-0.39, 0.29) is 11.1 Å². The van der Waals surface area contributed by atoms with Crippen molar-refractivity contribution in [3.8, 4) is 0 Å². The average molecular weight is 217 g/mol. The van der Waals surface area contributed by atoms with Gasteiger partial charge in [-0.15, -0.1) is 0 Å². The third-order valence-electron chi connectivity index (χ3n) is 3.85. The fraction of sp³-hybridized carbons (Fsp3) is 0.571. The first-order valence-electron chi connectivity index (χ1n) is 5.99. The van der Waals surface area contributed by atoms with Crippen molar-refractivity contribution in [2.45, 2.75) is 38.5 Å². The molecule has 1 saturated heterocycles. The molecule has 1 spiro atoms. The SMILES string of the molecule is CC(C)(C)N1CC2(C1)OCc1ccccc12. The highest BCUT2D eigenvalue weighted by atomic mass is 16.5. The second kappa shape index (κ2) is 3.08. The highest BCUT2D eigenvalue weighted by molar-refractivity contribution is 5.38. The summed E-state index contributed by atoms with van der Waals surface area (Å²) in [4.78, 5) is 2.48. The molecule has 0 aliphatic carbocycles. The Bertz CT molecular complexity index is 413. The number of likely N-dealkylation sites (tertiary alicyclic amines) is 1. The first-order chi connectivity index (χ1) is 7.51. The zero-order valence-corrected chi connectivity index (χ0v) is 10.3. The molecular weight excluding hydrogens is 198 g/mol. The lowest BCUT2D eigenvalue weighted by molar-refractivity contribution is -0.167. The molecule has 0 atom stereocenters. The summed E-state index contributed by atoms with van der Waals surface area (Å²) in [5.41, 5.74) is 3.04. The Balaban J connectivity index is 1.86. The molecule has 0 radical (unpaired) electrons. The molecule has 16 heavy (non-hydrogen) atoms. The van der Waals surface area contributed by atoms with Crippen LogP contribution in [0.2, 0.25) is 0 Å². The van der Waals surface area contributed by atoms with E-state index in [9.17, 15) is 0 Å². The van der Waals surface area contributed by atoms with E-state index in [0.29, 0.717) is 0 Å². The van der Waals surface area contributed by atoms with E-state index in [1.54, 1.807) is 0 Å². The van der Waals surface area contributed by atoms with Crippen LogP contribution in [0.5, 0.6) is 0 Å². The van der Waals surface area contributed by atoms with Crippen molar-refractivity contribution in [2.75, 3.05) is 13.1 Å². The first-order valence-corrected chi connectivity index (χ1v) is 5.99. The van der Waals surface area contributed by atoms with Gasteiger partial charge in [-0.3, -0.25) is 4.90 Å². The molecule has 2 aliphatic rings. The molecule has 2 aliphatic heterocycles. The minimum Gasteiger partial charge on any atom is -0.363 e. The molecule has 0 saturated carbocycles. The molecule has 1 fully saturated rings. The smallest absolute Gasteiger partial charge is 0.119 e. The van der Waals surface area contributed by atoms with Gasteiger partial charge >= 0.3 is 0 Å². The van der Waals surface area contributed by atoms with Crippen LogP contribution in [0.4, 0.5) is 0 Å². The number of ether oxygens (including phenoxy) is 1. The quantitative estimate of drug-likeness (QED) is 0.662. The number of hydrogen-bond donors (Lipinski definition) is 0. The first kappa shape index (κ1) is 10.3. The van der Waals surface area contributed by atoms with Crippen molar-refractivity contribution >= 4 is 0 Å². The van der Waals surface area contributed by atoms with Crippen LogP contribution in [0.3, 0.4) is 0 Å². The summed E-state index contributed by atoms with van der Waals surface area (Å²) in [5, 5.41) is 0. The van der Waals surface area contributed by atoms with E-state index in [1.807, 2.05) is 0 Å².